The van der Waals surface area contributed by atoms with Crippen LogP contribution in [0.25, 0.3) is 5.69 Å². The minimum absolute atomic E-state index is 0.0760. The van der Waals surface area contributed by atoms with Gasteiger partial charge in [-0.2, -0.15) is 5.10 Å². The summed E-state index contributed by atoms with van der Waals surface area (Å²) in [5.41, 5.74) is 9.55. The van der Waals surface area contributed by atoms with E-state index in [0.29, 0.717) is 6.42 Å². The molecule has 0 saturated heterocycles. The summed E-state index contributed by atoms with van der Waals surface area (Å²) in [5, 5.41) is 4.17. The quantitative estimate of drug-likeness (QED) is 0.327. The van der Waals surface area contributed by atoms with Gasteiger partial charge in [0.2, 0.25) is 5.91 Å². The van der Waals surface area contributed by atoms with Crippen LogP contribution < -0.4 is 5.43 Å². The second-order valence-electron chi connectivity index (χ2n) is 7.16. The molecule has 0 saturated carbocycles. The Bertz CT molecular complexity index is 1020. The maximum Gasteiger partial charge on any atom is 0.240 e. The van der Waals surface area contributed by atoms with Crippen LogP contribution in [-0.2, 0) is 4.79 Å². The van der Waals surface area contributed by atoms with Crippen LogP contribution in [0.2, 0.25) is 0 Å². The summed E-state index contributed by atoms with van der Waals surface area (Å²) in [4.78, 5) is 13.2. The van der Waals surface area contributed by atoms with E-state index in [1.54, 1.807) is 18.0 Å². The van der Waals surface area contributed by atoms with Crippen molar-refractivity contribution in [2.45, 2.75) is 39.0 Å². The fourth-order valence-electron chi connectivity index (χ4n) is 3.35. The molecule has 1 aromatic heterocycles. The molecule has 2 aromatic carbocycles. The molecule has 5 heteroatoms. The van der Waals surface area contributed by atoms with Gasteiger partial charge in [-0.25, -0.2) is 5.43 Å². The molecule has 0 spiro atoms. The fraction of sp³-hybridized carbons (Fsp3) is 0.250. The summed E-state index contributed by atoms with van der Waals surface area (Å²) in [6.07, 6.45) is 2.16. The van der Waals surface area contributed by atoms with Gasteiger partial charge < -0.3 is 4.57 Å². The second-order valence-corrected chi connectivity index (χ2v) is 8.32. The predicted octanol–water partition coefficient (Wildman–Crippen LogP) is 5.34. The number of hydrogen-bond donors (Lipinski definition) is 1. The molecule has 0 atom stereocenters. The van der Waals surface area contributed by atoms with Crippen LogP contribution in [0, 0.1) is 27.7 Å². The summed E-state index contributed by atoms with van der Waals surface area (Å²) in [6.45, 7) is 8.39. The van der Waals surface area contributed by atoms with Crippen LogP contribution >= 0.6 is 11.8 Å². The van der Waals surface area contributed by atoms with Crippen molar-refractivity contribution in [2.24, 2.45) is 5.10 Å². The van der Waals surface area contributed by atoms with Crippen molar-refractivity contribution in [3.8, 4) is 5.69 Å². The number of hydrogen-bond acceptors (Lipinski definition) is 3. The van der Waals surface area contributed by atoms with E-state index >= 15 is 0 Å². The highest BCUT2D eigenvalue weighted by Crippen LogP contribution is 2.23. The average Bonchev–Trinajstić information content (AvgIpc) is 2.96. The summed E-state index contributed by atoms with van der Waals surface area (Å²) < 4.78 is 2.23. The average molecular weight is 406 g/mol. The van der Waals surface area contributed by atoms with Gasteiger partial charge in [-0.15, -0.1) is 11.8 Å². The van der Waals surface area contributed by atoms with E-state index in [-0.39, 0.29) is 5.91 Å². The standard InChI is InChI=1S/C24H27N3OS/c1-17-10-11-23(18(2)14-17)27-19(3)15-21(20(27)4)16-25-26-24(28)12-13-29-22-8-6-5-7-9-22/h5-11,14-16H,12-13H2,1-4H3,(H,26,28)/b25-16-. The number of nitrogens with one attached hydrogen (secondary N) is 1. The minimum atomic E-state index is -0.0760. The lowest BCUT2D eigenvalue weighted by molar-refractivity contribution is -0.120. The normalized spacial score (nSPS) is 11.2. The largest absolute Gasteiger partial charge is 0.318 e. The number of carbonyl (C=O) groups is 1. The predicted molar refractivity (Wildman–Crippen MR) is 122 cm³/mol. The molecule has 3 rings (SSSR count). The van der Waals surface area contributed by atoms with Gasteiger partial charge in [0, 0.05) is 39.7 Å². The number of hydrazone groups is 1. The summed E-state index contributed by atoms with van der Waals surface area (Å²) >= 11 is 1.67. The molecule has 1 amide bonds. The monoisotopic (exact) mass is 405 g/mol. The fourth-order valence-corrected chi connectivity index (χ4v) is 4.23. The van der Waals surface area contributed by atoms with Gasteiger partial charge in [-0.3, -0.25) is 4.79 Å². The maximum atomic E-state index is 12.0. The number of rotatable bonds is 7. The molecule has 0 bridgehead atoms. The Labute approximate surface area is 177 Å². The first-order valence-corrected chi connectivity index (χ1v) is 10.7. The maximum absolute atomic E-state index is 12.0. The molecule has 1 heterocycles. The third kappa shape index (κ3) is 5.39. The van der Waals surface area contributed by atoms with Gasteiger partial charge in [0.05, 0.1) is 6.21 Å². The highest BCUT2D eigenvalue weighted by atomic mass is 32.2. The van der Waals surface area contributed by atoms with Crippen LogP contribution in [0.1, 0.15) is 34.5 Å². The van der Waals surface area contributed by atoms with Crippen molar-refractivity contribution >= 4 is 23.9 Å². The molecule has 0 aliphatic rings. The zero-order valence-corrected chi connectivity index (χ0v) is 18.2. The van der Waals surface area contributed by atoms with Crippen molar-refractivity contribution in [3.63, 3.8) is 0 Å². The van der Waals surface area contributed by atoms with E-state index < -0.39 is 0 Å². The highest BCUT2D eigenvalue weighted by molar-refractivity contribution is 7.99. The van der Waals surface area contributed by atoms with E-state index in [1.165, 1.54) is 21.7 Å². The number of aryl methyl sites for hydroxylation is 3. The molecule has 0 unspecified atom stereocenters. The Morgan fingerprint density at radius 1 is 1.07 bits per heavy atom. The Morgan fingerprint density at radius 2 is 1.83 bits per heavy atom. The number of aromatic nitrogens is 1. The smallest absolute Gasteiger partial charge is 0.240 e. The third-order valence-electron chi connectivity index (χ3n) is 4.80. The molecule has 1 N–H and O–H groups in total. The lowest BCUT2D eigenvalue weighted by Crippen LogP contribution is -2.17. The van der Waals surface area contributed by atoms with Gasteiger partial charge >= 0.3 is 0 Å². The first kappa shape index (κ1) is 20.9. The van der Waals surface area contributed by atoms with Crippen LogP contribution in [0.3, 0.4) is 0 Å². The second kappa shape index (κ2) is 9.61. The van der Waals surface area contributed by atoms with Crippen molar-refractivity contribution in [3.05, 3.63) is 82.7 Å². The first-order chi connectivity index (χ1) is 14.0. The first-order valence-electron chi connectivity index (χ1n) is 9.72. The number of carbonyl (C=O) groups excluding carboxylic acids is 1. The highest BCUT2D eigenvalue weighted by Gasteiger charge is 2.11. The molecule has 29 heavy (non-hydrogen) atoms. The van der Waals surface area contributed by atoms with Crippen molar-refractivity contribution in [1.29, 1.82) is 0 Å². The minimum Gasteiger partial charge on any atom is -0.318 e. The third-order valence-corrected chi connectivity index (χ3v) is 5.81. The number of thioether (sulfide) groups is 1. The summed E-state index contributed by atoms with van der Waals surface area (Å²) in [5.74, 6) is 0.653. The number of benzene rings is 2. The SMILES string of the molecule is Cc1ccc(-n2c(C)cc(/C=N\NC(=O)CCSc3ccccc3)c2C)c(C)c1. The summed E-state index contributed by atoms with van der Waals surface area (Å²) in [6, 6.07) is 18.6. The Kier molecular flexibility index (Phi) is 6.94. The lowest BCUT2D eigenvalue weighted by atomic mass is 10.1. The van der Waals surface area contributed by atoms with E-state index in [1.807, 2.05) is 30.3 Å². The van der Waals surface area contributed by atoms with Gasteiger partial charge in [0.25, 0.3) is 0 Å². The lowest BCUT2D eigenvalue weighted by Gasteiger charge is -2.13. The zero-order chi connectivity index (χ0) is 20.8. The van der Waals surface area contributed by atoms with E-state index in [9.17, 15) is 4.79 Å². The Balaban J connectivity index is 1.60. The van der Waals surface area contributed by atoms with Gasteiger partial charge in [-0.05, 0) is 57.5 Å². The molecule has 0 aliphatic heterocycles. The topological polar surface area (TPSA) is 46.4 Å². The van der Waals surface area contributed by atoms with Gasteiger partial charge in [0.1, 0.15) is 0 Å². The van der Waals surface area contributed by atoms with Crippen molar-refractivity contribution in [1.82, 2.24) is 9.99 Å². The van der Waals surface area contributed by atoms with Gasteiger partial charge in [0.15, 0.2) is 0 Å². The summed E-state index contributed by atoms with van der Waals surface area (Å²) in [7, 11) is 0. The van der Waals surface area contributed by atoms with Gasteiger partial charge in [-0.1, -0.05) is 35.9 Å². The molecule has 3 aromatic rings. The van der Waals surface area contributed by atoms with Crippen molar-refractivity contribution in [2.75, 3.05) is 5.75 Å². The molecule has 0 aliphatic carbocycles. The van der Waals surface area contributed by atoms with Crippen molar-refractivity contribution < 1.29 is 4.79 Å². The van der Waals surface area contributed by atoms with Crippen LogP contribution in [0.4, 0.5) is 0 Å². The van der Waals surface area contributed by atoms with E-state index in [4.69, 9.17) is 0 Å². The molecule has 0 fully saturated rings. The molecular weight excluding hydrogens is 378 g/mol. The van der Waals surface area contributed by atoms with E-state index in [2.05, 4.69) is 67.1 Å². The van der Waals surface area contributed by atoms with E-state index in [0.717, 1.165) is 22.7 Å². The number of nitrogens with zero attached hydrogens (tertiary/aromatic N) is 2. The molecule has 4 nitrogen and oxygen atoms in total. The van der Waals surface area contributed by atoms with Crippen LogP contribution in [0.5, 0.6) is 0 Å². The van der Waals surface area contributed by atoms with Crippen LogP contribution in [0.15, 0.2) is 64.6 Å². The molecule has 150 valence electrons. The van der Waals surface area contributed by atoms with Crippen LogP contribution in [-0.4, -0.2) is 22.4 Å². The number of amides is 1. The Hall–Kier alpha value is -2.79. The molecular formula is C24H27N3OS. The molecule has 0 radical (unpaired) electrons. The Morgan fingerprint density at radius 3 is 2.55 bits per heavy atom. The zero-order valence-electron chi connectivity index (χ0n) is 17.4.